The van der Waals surface area contributed by atoms with Crippen molar-refractivity contribution in [3.05, 3.63) is 39.8 Å². The number of thiazole rings is 1. The highest BCUT2D eigenvalue weighted by molar-refractivity contribution is 7.09. The van der Waals surface area contributed by atoms with Crippen LogP contribution in [-0.4, -0.2) is 4.98 Å². The molecule has 0 aliphatic heterocycles. The molecule has 5 heteroatoms. The van der Waals surface area contributed by atoms with Crippen molar-refractivity contribution in [1.82, 2.24) is 4.98 Å². The summed E-state index contributed by atoms with van der Waals surface area (Å²) in [5.74, 6) is 0.626. The molecule has 1 aromatic heterocycles. The van der Waals surface area contributed by atoms with E-state index in [1.54, 1.807) is 35.7 Å². The van der Waals surface area contributed by atoms with E-state index in [1.165, 1.54) is 0 Å². The lowest BCUT2D eigenvalue weighted by Crippen LogP contribution is -1.95. The Morgan fingerprint density at radius 3 is 3.00 bits per heavy atom. The molecule has 2 aromatic rings. The van der Waals surface area contributed by atoms with E-state index < -0.39 is 0 Å². The summed E-state index contributed by atoms with van der Waals surface area (Å²) in [7, 11) is 0. The molecule has 0 aliphatic rings. The highest BCUT2D eigenvalue weighted by atomic mass is 35.5. The third-order valence-corrected chi connectivity index (χ3v) is 2.84. The normalized spacial score (nSPS) is 10.2. The highest BCUT2D eigenvalue weighted by Gasteiger charge is 2.03. The summed E-state index contributed by atoms with van der Waals surface area (Å²) in [5, 5.41) is 3.35. The van der Waals surface area contributed by atoms with Crippen LogP contribution in [0.3, 0.4) is 0 Å². The summed E-state index contributed by atoms with van der Waals surface area (Å²) in [6, 6.07) is 5.17. The minimum Gasteiger partial charge on any atom is -0.485 e. The van der Waals surface area contributed by atoms with Crippen LogP contribution in [0.5, 0.6) is 5.75 Å². The second kappa shape index (κ2) is 4.51. The Bertz CT molecular complexity index is 445. The molecule has 0 radical (unpaired) electrons. The maximum absolute atomic E-state index is 5.95. The van der Waals surface area contributed by atoms with Crippen molar-refractivity contribution in [2.45, 2.75) is 6.61 Å². The second-order valence-electron chi connectivity index (χ2n) is 2.90. The van der Waals surface area contributed by atoms with E-state index in [9.17, 15) is 0 Å². The molecule has 1 heterocycles. The molecule has 0 atom stereocenters. The smallest absolute Gasteiger partial charge is 0.140 e. The number of hydrogen-bond donors (Lipinski definition) is 1. The van der Waals surface area contributed by atoms with Crippen molar-refractivity contribution in [3.8, 4) is 5.75 Å². The lowest BCUT2D eigenvalue weighted by molar-refractivity contribution is 0.306. The standard InChI is InChI=1S/C10H9ClN2OS/c11-8-5-7(12)1-2-9(8)14-6-10-13-3-4-15-10/h1-5H,6,12H2. The summed E-state index contributed by atoms with van der Waals surface area (Å²) in [4.78, 5) is 4.10. The van der Waals surface area contributed by atoms with Gasteiger partial charge in [-0.3, -0.25) is 0 Å². The number of hydrogen-bond acceptors (Lipinski definition) is 4. The third kappa shape index (κ3) is 2.61. The van der Waals surface area contributed by atoms with Crippen LogP contribution in [0.15, 0.2) is 29.8 Å². The van der Waals surface area contributed by atoms with Crippen molar-refractivity contribution in [1.29, 1.82) is 0 Å². The zero-order chi connectivity index (χ0) is 10.7. The lowest BCUT2D eigenvalue weighted by atomic mass is 10.3. The quantitative estimate of drug-likeness (QED) is 0.840. The number of ether oxygens (including phenoxy) is 1. The molecule has 1 aromatic carbocycles. The van der Waals surface area contributed by atoms with E-state index in [4.69, 9.17) is 22.1 Å². The largest absolute Gasteiger partial charge is 0.485 e. The minimum atomic E-state index is 0.432. The number of anilines is 1. The van der Waals surface area contributed by atoms with Gasteiger partial charge in [0, 0.05) is 17.3 Å². The Balaban J connectivity index is 2.05. The van der Waals surface area contributed by atoms with Gasteiger partial charge in [-0.25, -0.2) is 4.98 Å². The number of nitrogen functional groups attached to an aromatic ring is 1. The van der Waals surface area contributed by atoms with Gasteiger partial charge in [0.2, 0.25) is 0 Å². The predicted octanol–water partition coefficient (Wildman–Crippen LogP) is 2.96. The lowest BCUT2D eigenvalue weighted by Gasteiger charge is -2.06. The average Bonchev–Trinajstić information content (AvgIpc) is 2.69. The Morgan fingerprint density at radius 2 is 2.33 bits per heavy atom. The van der Waals surface area contributed by atoms with E-state index in [0.29, 0.717) is 23.1 Å². The molecule has 0 spiro atoms. The van der Waals surface area contributed by atoms with Crippen LogP contribution in [0.2, 0.25) is 5.02 Å². The number of nitrogens with zero attached hydrogens (tertiary/aromatic N) is 1. The first kappa shape index (κ1) is 10.3. The molecular formula is C10H9ClN2OS. The molecule has 2 rings (SSSR count). The van der Waals surface area contributed by atoms with Crippen molar-refractivity contribution in [2.75, 3.05) is 5.73 Å². The molecule has 78 valence electrons. The van der Waals surface area contributed by atoms with Crippen molar-refractivity contribution in [2.24, 2.45) is 0 Å². The van der Waals surface area contributed by atoms with E-state index in [1.807, 2.05) is 5.38 Å². The van der Waals surface area contributed by atoms with Gasteiger partial charge in [0.25, 0.3) is 0 Å². The Morgan fingerprint density at radius 1 is 1.47 bits per heavy atom. The van der Waals surface area contributed by atoms with Gasteiger partial charge >= 0.3 is 0 Å². The summed E-state index contributed by atoms with van der Waals surface area (Å²) in [5.41, 5.74) is 6.19. The minimum absolute atomic E-state index is 0.432. The first-order valence-electron chi connectivity index (χ1n) is 4.32. The Labute approximate surface area is 96.5 Å². The fraction of sp³-hybridized carbons (Fsp3) is 0.100. The van der Waals surface area contributed by atoms with Gasteiger partial charge in [-0.05, 0) is 18.2 Å². The molecule has 0 amide bonds. The molecular weight excluding hydrogens is 232 g/mol. The fourth-order valence-electron chi connectivity index (χ4n) is 1.10. The SMILES string of the molecule is Nc1ccc(OCc2nccs2)c(Cl)c1. The second-order valence-corrected chi connectivity index (χ2v) is 4.29. The molecule has 3 nitrogen and oxygen atoms in total. The first-order valence-corrected chi connectivity index (χ1v) is 5.57. The first-order chi connectivity index (χ1) is 7.25. The molecule has 0 saturated heterocycles. The maximum Gasteiger partial charge on any atom is 0.140 e. The van der Waals surface area contributed by atoms with E-state index >= 15 is 0 Å². The van der Waals surface area contributed by atoms with Gasteiger partial charge in [-0.15, -0.1) is 11.3 Å². The van der Waals surface area contributed by atoms with Gasteiger partial charge in [0.05, 0.1) is 5.02 Å². The van der Waals surface area contributed by atoms with E-state index in [0.717, 1.165) is 5.01 Å². The van der Waals surface area contributed by atoms with Gasteiger partial charge < -0.3 is 10.5 Å². The molecule has 0 fully saturated rings. The highest BCUT2D eigenvalue weighted by Crippen LogP contribution is 2.27. The van der Waals surface area contributed by atoms with Gasteiger partial charge in [-0.1, -0.05) is 11.6 Å². The maximum atomic E-state index is 5.95. The third-order valence-electron chi connectivity index (χ3n) is 1.79. The number of benzene rings is 1. The fourth-order valence-corrected chi connectivity index (χ4v) is 1.87. The number of halogens is 1. The van der Waals surface area contributed by atoms with Crippen LogP contribution >= 0.6 is 22.9 Å². The number of aromatic nitrogens is 1. The van der Waals surface area contributed by atoms with Crippen LogP contribution in [0.4, 0.5) is 5.69 Å². The number of nitrogens with two attached hydrogens (primary N) is 1. The Hall–Kier alpha value is -1.26. The number of rotatable bonds is 3. The molecule has 0 unspecified atom stereocenters. The molecule has 0 bridgehead atoms. The van der Waals surface area contributed by atoms with Crippen LogP contribution in [0, 0.1) is 0 Å². The molecule has 15 heavy (non-hydrogen) atoms. The molecule has 0 aliphatic carbocycles. The van der Waals surface area contributed by atoms with Crippen molar-refractivity contribution < 1.29 is 4.74 Å². The monoisotopic (exact) mass is 240 g/mol. The van der Waals surface area contributed by atoms with E-state index in [2.05, 4.69) is 4.98 Å². The predicted molar refractivity (Wildman–Crippen MR) is 62.3 cm³/mol. The van der Waals surface area contributed by atoms with Crippen molar-refractivity contribution in [3.63, 3.8) is 0 Å². The summed E-state index contributed by atoms with van der Waals surface area (Å²) >= 11 is 7.49. The van der Waals surface area contributed by atoms with Crippen LogP contribution in [0.1, 0.15) is 5.01 Å². The zero-order valence-electron chi connectivity index (χ0n) is 7.81. The topological polar surface area (TPSA) is 48.1 Å². The summed E-state index contributed by atoms with van der Waals surface area (Å²) in [6.45, 7) is 0.432. The average molecular weight is 241 g/mol. The van der Waals surface area contributed by atoms with Gasteiger partial charge in [0.1, 0.15) is 17.4 Å². The zero-order valence-corrected chi connectivity index (χ0v) is 9.39. The van der Waals surface area contributed by atoms with Gasteiger partial charge in [-0.2, -0.15) is 0 Å². The van der Waals surface area contributed by atoms with Crippen LogP contribution in [0.25, 0.3) is 0 Å². The van der Waals surface area contributed by atoms with Crippen molar-refractivity contribution >= 4 is 28.6 Å². The van der Waals surface area contributed by atoms with Gasteiger partial charge in [0.15, 0.2) is 0 Å². The van der Waals surface area contributed by atoms with Crippen LogP contribution < -0.4 is 10.5 Å². The summed E-state index contributed by atoms with van der Waals surface area (Å²) < 4.78 is 5.50. The van der Waals surface area contributed by atoms with Crippen LogP contribution in [-0.2, 0) is 6.61 Å². The molecule has 0 saturated carbocycles. The Kier molecular flexibility index (Phi) is 3.08. The van der Waals surface area contributed by atoms with E-state index in [-0.39, 0.29) is 0 Å². The molecule has 2 N–H and O–H groups in total. The summed E-state index contributed by atoms with van der Waals surface area (Å²) in [6.07, 6.45) is 1.74.